The van der Waals surface area contributed by atoms with Gasteiger partial charge in [0.2, 0.25) is 10.0 Å². The number of hydrogen-bond acceptors (Lipinski definition) is 3. The van der Waals surface area contributed by atoms with Crippen LogP contribution in [0.4, 0.5) is 0 Å². The first-order valence-corrected chi connectivity index (χ1v) is 11.3. The fraction of sp³-hybridized carbons (Fsp3) is 0.238. The summed E-state index contributed by atoms with van der Waals surface area (Å²) in [6, 6.07) is 18.5. The summed E-state index contributed by atoms with van der Waals surface area (Å²) in [4.78, 5) is 2.52. The lowest BCUT2D eigenvalue weighted by Crippen LogP contribution is -2.48. The topological polar surface area (TPSA) is 40.6 Å². The number of fused-ring (bicyclic) bond motifs is 1. The quantitative estimate of drug-likeness (QED) is 0.599. The predicted octanol–water partition coefficient (Wildman–Crippen LogP) is 4.65. The molecule has 0 saturated carbocycles. The molecule has 1 heterocycles. The Balaban J connectivity index is 1.47. The summed E-state index contributed by atoms with van der Waals surface area (Å²) in [5, 5.41) is 3.23. The Bertz CT molecular complexity index is 1090. The molecule has 0 spiro atoms. The Morgan fingerprint density at radius 3 is 2.11 bits per heavy atom. The molecule has 1 aliphatic rings. The van der Waals surface area contributed by atoms with Crippen LogP contribution in [0.3, 0.4) is 0 Å². The lowest BCUT2D eigenvalue weighted by molar-refractivity contribution is 0.181. The van der Waals surface area contributed by atoms with Crippen molar-refractivity contribution in [3.8, 4) is 0 Å². The average Bonchev–Trinajstić information content (AvgIpc) is 2.71. The Morgan fingerprint density at radius 1 is 0.786 bits per heavy atom. The zero-order chi connectivity index (χ0) is 19.7. The van der Waals surface area contributed by atoms with Crippen LogP contribution >= 0.6 is 23.2 Å². The summed E-state index contributed by atoms with van der Waals surface area (Å²) < 4.78 is 27.7. The molecule has 0 aromatic heterocycles. The van der Waals surface area contributed by atoms with E-state index >= 15 is 0 Å². The van der Waals surface area contributed by atoms with Crippen LogP contribution in [0, 0.1) is 0 Å². The fourth-order valence-electron chi connectivity index (χ4n) is 3.51. The van der Waals surface area contributed by atoms with E-state index in [1.54, 1.807) is 16.4 Å². The van der Waals surface area contributed by atoms with E-state index in [4.69, 9.17) is 23.2 Å². The van der Waals surface area contributed by atoms with Gasteiger partial charge in [0.05, 0.1) is 4.90 Å². The summed E-state index contributed by atoms with van der Waals surface area (Å²) in [6.45, 7) is 2.76. The maximum absolute atomic E-state index is 13.1. The van der Waals surface area contributed by atoms with Crippen molar-refractivity contribution in [1.82, 2.24) is 9.21 Å². The number of benzene rings is 3. The molecule has 3 aromatic rings. The van der Waals surface area contributed by atoms with Gasteiger partial charge in [-0.3, -0.25) is 4.90 Å². The Kier molecular flexibility index (Phi) is 5.63. The van der Waals surface area contributed by atoms with Crippen LogP contribution < -0.4 is 0 Å². The summed E-state index contributed by atoms with van der Waals surface area (Å²) in [5.74, 6) is 0. The first-order chi connectivity index (χ1) is 13.4. The van der Waals surface area contributed by atoms with Crippen molar-refractivity contribution >= 4 is 44.0 Å². The molecule has 0 N–H and O–H groups in total. The summed E-state index contributed by atoms with van der Waals surface area (Å²) >= 11 is 12.5. The molecule has 0 bridgehead atoms. The lowest BCUT2D eigenvalue weighted by Gasteiger charge is -2.34. The Labute approximate surface area is 175 Å². The van der Waals surface area contributed by atoms with Gasteiger partial charge in [0.15, 0.2) is 0 Å². The molecule has 0 radical (unpaired) electrons. The first kappa shape index (κ1) is 19.7. The fourth-order valence-corrected chi connectivity index (χ4v) is 5.49. The van der Waals surface area contributed by atoms with Crippen molar-refractivity contribution in [1.29, 1.82) is 0 Å². The van der Waals surface area contributed by atoms with Gasteiger partial charge < -0.3 is 0 Å². The van der Waals surface area contributed by atoms with Gasteiger partial charge in [-0.2, -0.15) is 4.31 Å². The molecular weight excluding hydrogens is 415 g/mol. The number of hydrogen-bond donors (Lipinski definition) is 0. The largest absolute Gasteiger partial charge is 0.296 e. The van der Waals surface area contributed by atoms with Gasteiger partial charge >= 0.3 is 0 Å². The smallest absolute Gasteiger partial charge is 0.243 e. The summed E-state index contributed by atoms with van der Waals surface area (Å²) in [7, 11) is -3.51. The summed E-state index contributed by atoms with van der Waals surface area (Å²) in [6.07, 6.45) is 0. The van der Waals surface area contributed by atoms with Crippen molar-refractivity contribution < 1.29 is 8.42 Å². The van der Waals surface area contributed by atoms with Crippen molar-refractivity contribution in [3.63, 3.8) is 0 Å². The van der Waals surface area contributed by atoms with Crippen LogP contribution in [0.1, 0.15) is 5.56 Å². The second-order valence-electron chi connectivity index (χ2n) is 6.89. The molecule has 4 rings (SSSR count). The second kappa shape index (κ2) is 8.01. The third-order valence-corrected chi connectivity index (χ3v) is 7.74. The van der Waals surface area contributed by atoms with E-state index in [2.05, 4.69) is 4.90 Å². The van der Waals surface area contributed by atoms with Gasteiger partial charge in [0, 0.05) is 48.3 Å². The third kappa shape index (κ3) is 3.91. The normalized spacial score (nSPS) is 16.5. The van der Waals surface area contributed by atoms with E-state index in [0.717, 1.165) is 16.3 Å². The van der Waals surface area contributed by atoms with Crippen molar-refractivity contribution in [2.75, 3.05) is 26.2 Å². The van der Waals surface area contributed by atoms with E-state index in [-0.39, 0.29) is 0 Å². The van der Waals surface area contributed by atoms with Crippen molar-refractivity contribution in [2.24, 2.45) is 0 Å². The van der Waals surface area contributed by atoms with Crippen LogP contribution in [0.15, 0.2) is 65.6 Å². The van der Waals surface area contributed by atoms with E-state index in [1.165, 1.54) is 0 Å². The second-order valence-corrected chi connectivity index (χ2v) is 9.64. The lowest BCUT2D eigenvalue weighted by atomic mass is 10.1. The standard InChI is InChI=1S/C21H20Cl2N2O2S/c22-20-6-3-7-21(23)19(20)15-24-10-12-25(13-11-24)28(26,27)18-9-8-16-4-1-2-5-17(16)14-18/h1-9,14H,10-13,15H2. The molecule has 0 atom stereocenters. The highest BCUT2D eigenvalue weighted by molar-refractivity contribution is 7.89. The Hall–Kier alpha value is -1.63. The van der Waals surface area contributed by atoms with E-state index in [0.29, 0.717) is 47.7 Å². The molecule has 0 unspecified atom stereocenters. The monoisotopic (exact) mass is 434 g/mol. The summed E-state index contributed by atoms with van der Waals surface area (Å²) in [5.41, 5.74) is 0.886. The molecule has 28 heavy (non-hydrogen) atoms. The van der Waals surface area contributed by atoms with Gasteiger partial charge in [-0.1, -0.05) is 59.6 Å². The van der Waals surface area contributed by atoms with Crippen LogP contribution in [0.5, 0.6) is 0 Å². The van der Waals surface area contributed by atoms with Gasteiger partial charge in [0.1, 0.15) is 0 Å². The average molecular weight is 435 g/mol. The Morgan fingerprint density at radius 2 is 1.43 bits per heavy atom. The van der Waals surface area contributed by atoms with E-state index < -0.39 is 10.0 Å². The van der Waals surface area contributed by atoms with E-state index in [9.17, 15) is 8.42 Å². The van der Waals surface area contributed by atoms with Gasteiger partial charge in [-0.15, -0.1) is 0 Å². The van der Waals surface area contributed by atoms with Crippen LogP contribution in [0.25, 0.3) is 10.8 Å². The molecule has 146 valence electrons. The molecule has 1 aliphatic heterocycles. The predicted molar refractivity (Wildman–Crippen MR) is 114 cm³/mol. The molecule has 3 aromatic carbocycles. The first-order valence-electron chi connectivity index (χ1n) is 9.09. The van der Waals surface area contributed by atoms with Crippen LogP contribution in [-0.4, -0.2) is 43.8 Å². The maximum atomic E-state index is 13.1. The zero-order valence-corrected chi connectivity index (χ0v) is 17.5. The number of sulfonamides is 1. The highest BCUT2D eigenvalue weighted by atomic mass is 35.5. The minimum absolute atomic E-state index is 0.341. The van der Waals surface area contributed by atoms with E-state index in [1.807, 2.05) is 48.5 Å². The van der Waals surface area contributed by atoms with Gasteiger partial charge in [0.25, 0.3) is 0 Å². The zero-order valence-electron chi connectivity index (χ0n) is 15.2. The van der Waals surface area contributed by atoms with Crippen LogP contribution in [-0.2, 0) is 16.6 Å². The molecule has 1 saturated heterocycles. The molecule has 0 aliphatic carbocycles. The molecular formula is C21H20Cl2N2O2S. The number of halogens is 2. The highest BCUT2D eigenvalue weighted by Crippen LogP contribution is 2.27. The van der Waals surface area contributed by atoms with Gasteiger partial charge in [-0.25, -0.2) is 8.42 Å². The molecule has 4 nitrogen and oxygen atoms in total. The third-order valence-electron chi connectivity index (χ3n) is 5.13. The molecule has 7 heteroatoms. The van der Waals surface area contributed by atoms with Crippen molar-refractivity contribution in [2.45, 2.75) is 11.4 Å². The molecule has 0 amide bonds. The number of piperazine rings is 1. The van der Waals surface area contributed by atoms with Crippen LogP contribution in [0.2, 0.25) is 10.0 Å². The van der Waals surface area contributed by atoms with Gasteiger partial charge in [-0.05, 0) is 35.0 Å². The highest BCUT2D eigenvalue weighted by Gasteiger charge is 2.29. The minimum atomic E-state index is -3.51. The number of nitrogens with zero attached hydrogens (tertiary/aromatic N) is 2. The molecule has 1 fully saturated rings. The SMILES string of the molecule is O=S(=O)(c1ccc2ccccc2c1)N1CCN(Cc2c(Cl)cccc2Cl)CC1. The van der Waals surface area contributed by atoms with Crippen molar-refractivity contribution in [3.05, 3.63) is 76.3 Å². The number of rotatable bonds is 4. The minimum Gasteiger partial charge on any atom is -0.296 e. The maximum Gasteiger partial charge on any atom is 0.243 e.